The van der Waals surface area contributed by atoms with Gasteiger partial charge in [-0.2, -0.15) is 0 Å². The number of tetrazole rings is 1. The molecule has 174 valence electrons. The first kappa shape index (κ1) is 21.1. The Kier molecular flexibility index (Phi) is 5.20. The molecule has 34 heavy (non-hydrogen) atoms. The number of para-hydroxylation sites is 1. The van der Waals surface area contributed by atoms with Crippen LogP contribution in [0.15, 0.2) is 53.3 Å². The smallest absolute Gasteiger partial charge is 0.254 e. The maximum atomic E-state index is 13.6. The quantitative estimate of drug-likeness (QED) is 0.476. The molecular formula is C27H30N6O. The molecule has 3 heterocycles. The number of aryl methyl sites for hydroxylation is 1. The molecule has 2 atom stereocenters. The van der Waals surface area contributed by atoms with Crippen molar-refractivity contribution in [2.45, 2.75) is 70.5 Å². The molecule has 4 aromatic rings. The molecule has 6 rings (SSSR count). The lowest BCUT2D eigenvalue weighted by Gasteiger charge is -2.34. The molecule has 1 fully saturated rings. The first-order valence-electron chi connectivity index (χ1n) is 12.4. The van der Waals surface area contributed by atoms with Crippen molar-refractivity contribution in [1.29, 1.82) is 0 Å². The maximum absolute atomic E-state index is 13.6. The zero-order valence-electron chi connectivity index (χ0n) is 19.7. The van der Waals surface area contributed by atoms with Gasteiger partial charge in [0.25, 0.3) is 5.56 Å². The summed E-state index contributed by atoms with van der Waals surface area (Å²) in [4.78, 5) is 19.0. The zero-order chi connectivity index (χ0) is 23.2. The van der Waals surface area contributed by atoms with Crippen molar-refractivity contribution < 1.29 is 0 Å². The van der Waals surface area contributed by atoms with Gasteiger partial charge in [-0.3, -0.25) is 4.79 Å². The maximum Gasteiger partial charge on any atom is 0.254 e. The highest BCUT2D eigenvalue weighted by Gasteiger charge is 2.38. The van der Waals surface area contributed by atoms with Crippen LogP contribution in [0.25, 0.3) is 10.9 Å². The van der Waals surface area contributed by atoms with Gasteiger partial charge in [-0.15, -0.1) is 5.10 Å². The van der Waals surface area contributed by atoms with E-state index in [1.54, 1.807) is 0 Å². The average Bonchev–Trinajstić information content (AvgIpc) is 3.45. The normalized spacial score (nSPS) is 19.5. The number of pyridine rings is 1. The van der Waals surface area contributed by atoms with Gasteiger partial charge in [0, 0.05) is 22.8 Å². The number of fused-ring (bicyclic) bond motifs is 2. The SMILES string of the molecule is Cc1ccc2[nH]c(=O)c([C@@H](c3nnnn3C3CCCCC3)N3c4ccccc4C[C@H]3C)cc2c1. The standard InChI is InChI=1S/C27H30N6O/c1-17-12-13-23-20(14-17)16-22(27(34)28-23)25(32-18(2)15-19-8-6-7-11-24(19)32)26-29-30-31-33(26)21-9-4-3-5-10-21/h6-8,11-14,16,18,21,25H,3-5,9-10,15H2,1-2H3,(H,28,34)/t18-,25+/m1/s1. The fourth-order valence-corrected chi connectivity index (χ4v) is 5.91. The topological polar surface area (TPSA) is 79.7 Å². The van der Waals surface area contributed by atoms with Crippen molar-refractivity contribution in [3.05, 3.63) is 81.4 Å². The Morgan fingerprint density at radius 1 is 1.06 bits per heavy atom. The molecule has 1 aliphatic carbocycles. The second-order valence-electron chi connectivity index (χ2n) is 9.91. The summed E-state index contributed by atoms with van der Waals surface area (Å²) in [6.07, 6.45) is 6.72. The van der Waals surface area contributed by atoms with Crippen LogP contribution in [-0.2, 0) is 6.42 Å². The summed E-state index contributed by atoms with van der Waals surface area (Å²) in [5.41, 5.74) is 5.06. The number of H-pyrrole nitrogens is 1. The Morgan fingerprint density at radius 3 is 2.74 bits per heavy atom. The Balaban J connectivity index is 1.57. The van der Waals surface area contributed by atoms with E-state index in [1.165, 1.54) is 24.8 Å². The number of nitrogens with zero attached hydrogens (tertiary/aromatic N) is 5. The number of aromatic amines is 1. The van der Waals surface area contributed by atoms with Crippen LogP contribution in [0, 0.1) is 6.92 Å². The Morgan fingerprint density at radius 2 is 1.88 bits per heavy atom. The summed E-state index contributed by atoms with van der Waals surface area (Å²) in [7, 11) is 0. The van der Waals surface area contributed by atoms with Crippen molar-refractivity contribution >= 4 is 16.6 Å². The van der Waals surface area contributed by atoms with Crippen LogP contribution in [0.2, 0.25) is 0 Å². The number of rotatable bonds is 4. The van der Waals surface area contributed by atoms with Crippen molar-refractivity contribution in [1.82, 2.24) is 25.2 Å². The third kappa shape index (κ3) is 3.50. The average molecular weight is 455 g/mol. The summed E-state index contributed by atoms with van der Waals surface area (Å²) in [6.45, 7) is 4.30. The molecular weight excluding hydrogens is 424 g/mol. The molecule has 2 aromatic carbocycles. The van der Waals surface area contributed by atoms with Crippen LogP contribution in [0.5, 0.6) is 0 Å². The van der Waals surface area contributed by atoms with Gasteiger partial charge in [0.2, 0.25) is 0 Å². The minimum absolute atomic E-state index is 0.0869. The van der Waals surface area contributed by atoms with Gasteiger partial charge >= 0.3 is 0 Å². The fraction of sp³-hybridized carbons (Fsp3) is 0.407. The number of hydrogen-bond acceptors (Lipinski definition) is 5. The predicted molar refractivity (Wildman–Crippen MR) is 133 cm³/mol. The van der Waals surface area contributed by atoms with Crippen molar-refractivity contribution in [3.8, 4) is 0 Å². The van der Waals surface area contributed by atoms with Gasteiger partial charge in [-0.05, 0) is 78.8 Å². The first-order valence-corrected chi connectivity index (χ1v) is 12.4. The highest BCUT2D eigenvalue weighted by Crippen LogP contribution is 2.41. The highest BCUT2D eigenvalue weighted by molar-refractivity contribution is 5.80. The highest BCUT2D eigenvalue weighted by atomic mass is 16.1. The zero-order valence-corrected chi connectivity index (χ0v) is 19.7. The van der Waals surface area contributed by atoms with Crippen molar-refractivity contribution in [2.75, 3.05) is 4.90 Å². The van der Waals surface area contributed by atoms with Gasteiger partial charge in [0.15, 0.2) is 5.82 Å². The molecule has 0 amide bonds. The third-order valence-electron chi connectivity index (χ3n) is 7.54. The van der Waals surface area contributed by atoms with Gasteiger partial charge in [-0.25, -0.2) is 4.68 Å². The van der Waals surface area contributed by atoms with Gasteiger partial charge in [0.05, 0.1) is 6.04 Å². The lowest BCUT2D eigenvalue weighted by molar-refractivity contribution is 0.312. The summed E-state index contributed by atoms with van der Waals surface area (Å²) in [5, 5.41) is 14.2. The van der Waals surface area contributed by atoms with Gasteiger partial charge in [-0.1, -0.05) is 49.1 Å². The minimum atomic E-state index is -0.371. The second kappa shape index (κ2) is 8.38. The molecule has 1 aliphatic heterocycles. The van der Waals surface area contributed by atoms with E-state index >= 15 is 0 Å². The molecule has 0 spiro atoms. The monoisotopic (exact) mass is 454 g/mol. The van der Waals surface area contributed by atoms with Gasteiger partial charge in [0.1, 0.15) is 6.04 Å². The van der Waals surface area contributed by atoms with Crippen LogP contribution >= 0.6 is 0 Å². The predicted octanol–water partition coefficient (Wildman–Crippen LogP) is 4.87. The molecule has 1 saturated carbocycles. The van der Waals surface area contributed by atoms with Crippen LogP contribution in [0.3, 0.4) is 0 Å². The number of nitrogens with one attached hydrogen (secondary N) is 1. The van der Waals surface area contributed by atoms with E-state index in [-0.39, 0.29) is 23.7 Å². The van der Waals surface area contributed by atoms with E-state index in [9.17, 15) is 4.79 Å². The molecule has 7 nitrogen and oxygen atoms in total. The van der Waals surface area contributed by atoms with E-state index < -0.39 is 0 Å². The van der Waals surface area contributed by atoms with Crippen molar-refractivity contribution in [2.24, 2.45) is 0 Å². The Hall–Kier alpha value is -3.48. The summed E-state index contributed by atoms with van der Waals surface area (Å²) < 4.78 is 2.01. The number of hydrogen-bond donors (Lipinski definition) is 1. The molecule has 0 radical (unpaired) electrons. The lowest BCUT2D eigenvalue weighted by atomic mass is 9.95. The molecule has 2 aromatic heterocycles. The number of benzene rings is 2. The van der Waals surface area contributed by atoms with Crippen LogP contribution in [0.4, 0.5) is 5.69 Å². The lowest BCUT2D eigenvalue weighted by Crippen LogP contribution is -2.39. The van der Waals surface area contributed by atoms with Gasteiger partial charge < -0.3 is 9.88 Å². The third-order valence-corrected chi connectivity index (χ3v) is 7.54. The van der Waals surface area contributed by atoms with E-state index in [0.29, 0.717) is 5.56 Å². The second-order valence-corrected chi connectivity index (χ2v) is 9.91. The van der Waals surface area contributed by atoms with E-state index in [4.69, 9.17) is 0 Å². The summed E-state index contributed by atoms with van der Waals surface area (Å²) in [6, 6.07) is 16.8. The van der Waals surface area contributed by atoms with Crippen LogP contribution in [-0.4, -0.2) is 31.2 Å². The van der Waals surface area contributed by atoms with Crippen LogP contribution < -0.4 is 10.5 Å². The van der Waals surface area contributed by atoms with E-state index in [2.05, 4.69) is 69.6 Å². The Labute approximate surface area is 198 Å². The molecule has 7 heteroatoms. The largest absolute Gasteiger partial charge is 0.354 e. The molecule has 0 saturated heterocycles. The number of aromatic nitrogens is 5. The summed E-state index contributed by atoms with van der Waals surface area (Å²) >= 11 is 0. The van der Waals surface area contributed by atoms with E-state index in [0.717, 1.165) is 47.2 Å². The summed E-state index contributed by atoms with van der Waals surface area (Å²) in [5.74, 6) is 0.757. The molecule has 1 N–H and O–H groups in total. The van der Waals surface area contributed by atoms with Crippen LogP contribution in [0.1, 0.15) is 73.6 Å². The Bertz CT molecular complexity index is 1400. The molecule has 0 unspecified atom stereocenters. The van der Waals surface area contributed by atoms with Crippen molar-refractivity contribution in [3.63, 3.8) is 0 Å². The number of anilines is 1. The fourth-order valence-electron chi connectivity index (χ4n) is 5.91. The first-order chi connectivity index (χ1) is 16.6. The minimum Gasteiger partial charge on any atom is -0.354 e. The molecule has 2 aliphatic rings. The van der Waals surface area contributed by atoms with E-state index in [1.807, 2.05) is 22.9 Å². The molecule has 0 bridgehead atoms.